The number of carboxylic acids is 1. The zero-order valence-electron chi connectivity index (χ0n) is 16.5. The number of rotatable bonds is 7. The number of hydrogen-bond donors (Lipinski definition) is 3. The van der Waals surface area contributed by atoms with Crippen LogP contribution in [0.1, 0.15) is 52.7 Å². The van der Waals surface area contributed by atoms with Gasteiger partial charge < -0.3 is 15.7 Å². The van der Waals surface area contributed by atoms with E-state index in [2.05, 4.69) is 17.6 Å². The molecule has 0 spiro atoms. The van der Waals surface area contributed by atoms with Gasteiger partial charge in [0.05, 0.1) is 11.0 Å². The number of aromatic carboxylic acids is 1. The summed E-state index contributed by atoms with van der Waals surface area (Å²) in [5.74, 6) is -0.859. The van der Waals surface area contributed by atoms with Crippen molar-refractivity contribution in [3.05, 3.63) is 64.7 Å². The van der Waals surface area contributed by atoms with E-state index in [1.807, 2.05) is 31.2 Å². The van der Waals surface area contributed by atoms with Gasteiger partial charge in [-0.05, 0) is 67.6 Å². The fourth-order valence-electron chi connectivity index (χ4n) is 3.88. The summed E-state index contributed by atoms with van der Waals surface area (Å²) in [6.07, 6.45) is 3.84. The smallest absolute Gasteiger partial charge is 0.335 e. The van der Waals surface area contributed by atoms with Crippen molar-refractivity contribution < 1.29 is 14.7 Å². The number of anilines is 1. The molecule has 0 aliphatic heterocycles. The van der Waals surface area contributed by atoms with E-state index in [9.17, 15) is 9.59 Å². The number of carbonyl (C=O) groups is 2. The highest BCUT2D eigenvalue weighted by Crippen LogP contribution is 2.38. The number of nitrogens with one attached hydrogen (secondary N) is 2. The Kier molecular flexibility index (Phi) is 6.15. The standard InChI is InChI=1S/C23H28N2O3/c1-16-8-9-20(12-17(16)2)25-22(28)23(10-3-4-11-23)15-24-14-18-6-5-7-19(13-18)21(26)27/h5-9,12-13,24H,3-4,10-11,14-15H2,1-2H3,(H,25,28)(H,26,27). The summed E-state index contributed by atoms with van der Waals surface area (Å²) in [4.78, 5) is 24.2. The summed E-state index contributed by atoms with van der Waals surface area (Å²) in [5.41, 5.74) is 3.98. The summed E-state index contributed by atoms with van der Waals surface area (Å²) in [6.45, 7) is 5.23. The van der Waals surface area contributed by atoms with Crippen molar-refractivity contribution in [3.63, 3.8) is 0 Å². The van der Waals surface area contributed by atoms with E-state index in [1.54, 1.807) is 18.2 Å². The lowest BCUT2D eigenvalue weighted by Crippen LogP contribution is -2.42. The van der Waals surface area contributed by atoms with Gasteiger partial charge in [-0.1, -0.05) is 31.0 Å². The van der Waals surface area contributed by atoms with Gasteiger partial charge in [-0.15, -0.1) is 0 Å². The molecule has 5 heteroatoms. The van der Waals surface area contributed by atoms with E-state index >= 15 is 0 Å². The minimum atomic E-state index is -0.929. The fourth-order valence-corrected chi connectivity index (χ4v) is 3.88. The van der Waals surface area contributed by atoms with Crippen LogP contribution in [0.5, 0.6) is 0 Å². The predicted octanol–water partition coefficient (Wildman–Crippen LogP) is 4.29. The average molecular weight is 380 g/mol. The molecular weight excluding hydrogens is 352 g/mol. The molecule has 3 N–H and O–H groups in total. The molecule has 0 heterocycles. The first-order valence-corrected chi connectivity index (χ1v) is 9.81. The van der Waals surface area contributed by atoms with Gasteiger partial charge in [-0.2, -0.15) is 0 Å². The van der Waals surface area contributed by atoms with Crippen LogP contribution >= 0.6 is 0 Å². The van der Waals surface area contributed by atoms with Crippen LogP contribution in [-0.2, 0) is 11.3 Å². The van der Waals surface area contributed by atoms with Gasteiger partial charge in [0.15, 0.2) is 0 Å². The number of aryl methyl sites for hydroxylation is 2. The number of benzene rings is 2. The van der Waals surface area contributed by atoms with E-state index in [4.69, 9.17) is 5.11 Å². The molecule has 1 saturated carbocycles. The predicted molar refractivity (Wildman–Crippen MR) is 111 cm³/mol. The second-order valence-corrected chi connectivity index (χ2v) is 7.85. The summed E-state index contributed by atoms with van der Waals surface area (Å²) in [6, 6.07) is 12.9. The van der Waals surface area contributed by atoms with Crippen LogP contribution in [0.3, 0.4) is 0 Å². The Morgan fingerprint density at radius 3 is 2.46 bits per heavy atom. The molecule has 0 aromatic heterocycles. The Morgan fingerprint density at radius 2 is 1.79 bits per heavy atom. The second-order valence-electron chi connectivity index (χ2n) is 7.85. The zero-order valence-corrected chi connectivity index (χ0v) is 16.5. The third-order valence-corrected chi connectivity index (χ3v) is 5.77. The summed E-state index contributed by atoms with van der Waals surface area (Å²) in [7, 11) is 0. The van der Waals surface area contributed by atoms with Crippen LogP contribution in [0, 0.1) is 19.3 Å². The van der Waals surface area contributed by atoms with Crippen molar-refractivity contribution in [1.29, 1.82) is 0 Å². The van der Waals surface area contributed by atoms with Crippen LogP contribution in [0.25, 0.3) is 0 Å². The van der Waals surface area contributed by atoms with Crippen molar-refractivity contribution in [2.45, 2.75) is 46.1 Å². The molecule has 148 valence electrons. The number of carbonyl (C=O) groups excluding carboxylic acids is 1. The van der Waals surface area contributed by atoms with Gasteiger partial charge in [-0.3, -0.25) is 4.79 Å². The van der Waals surface area contributed by atoms with Crippen molar-refractivity contribution in [1.82, 2.24) is 5.32 Å². The molecule has 0 bridgehead atoms. The minimum Gasteiger partial charge on any atom is -0.478 e. The van der Waals surface area contributed by atoms with E-state index in [-0.39, 0.29) is 11.5 Å². The van der Waals surface area contributed by atoms with Gasteiger partial charge in [0.2, 0.25) is 5.91 Å². The first kappa shape index (κ1) is 20.1. The third kappa shape index (κ3) is 4.60. The van der Waals surface area contributed by atoms with E-state index in [1.165, 1.54) is 5.56 Å². The van der Waals surface area contributed by atoms with Gasteiger partial charge in [0.25, 0.3) is 0 Å². The molecule has 2 aromatic rings. The summed E-state index contributed by atoms with van der Waals surface area (Å²) in [5, 5.41) is 15.6. The summed E-state index contributed by atoms with van der Waals surface area (Å²) >= 11 is 0. The topological polar surface area (TPSA) is 78.4 Å². The van der Waals surface area contributed by atoms with Gasteiger partial charge in [0.1, 0.15) is 0 Å². The number of hydrogen-bond acceptors (Lipinski definition) is 3. The molecular formula is C23H28N2O3. The molecule has 0 saturated heterocycles. The van der Waals surface area contributed by atoms with Crippen molar-refractivity contribution >= 4 is 17.6 Å². The number of carboxylic acid groups (broad SMARTS) is 1. The highest BCUT2D eigenvalue weighted by atomic mass is 16.4. The van der Waals surface area contributed by atoms with Crippen LogP contribution < -0.4 is 10.6 Å². The first-order chi connectivity index (χ1) is 13.4. The molecule has 1 fully saturated rings. The molecule has 0 atom stereocenters. The lowest BCUT2D eigenvalue weighted by Gasteiger charge is -2.28. The normalized spacial score (nSPS) is 15.4. The Balaban J connectivity index is 1.64. The van der Waals surface area contributed by atoms with E-state index in [0.29, 0.717) is 13.1 Å². The lowest BCUT2D eigenvalue weighted by molar-refractivity contribution is -0.125. The van der Waals surface area contributed by atoms with Gasteiger partial charge in [0, 0.05) is 18.8 Å². The van der Waals surface area contributed by atoms with E-state index in [0.717, 1.165) is 42.5 Å². The molecule has 1 aliphatic rings. The first-order valence-electron chi connectivity index (χ1n) is 9.81. The Bertz CT molecular complexity index is 870. The molecule has 3 rings (SSSR count). The zero-order chi connectivity index (χ0) is 20.1. The van der Waals surface area contributed by atoms with E-state index < -0.39 is 11.4 Å². The SMILES string of the molecule is Cc1ccc(NC(=O)C2(CNCc3cccc(C(=O)O)c3)CCCC2)cc1C. The molecule has 5 nitrogen and oxygen atoms in total. The second kappa shape index (κ2) is 8.57. The van der Waals surface area contributed by atoms with Gasteiger partial charge in [-0.25, -0.2) is 4.79 Å². The quantitative estimate of drug-likeness (QED) is 0.669. The minimum absolute atomic E-state index is 0.0695. The lowest BCUT2D eigenvalue weighted by atomic mass is 9.84. The molecule has 0 unspecified atom stereocenters. The maximum Gasteiger partial charge on any atom is 0.335 e. The maximum atomic E-state index is 13.1. The highest BCUT2D eigenvalue weighted by molar-refractivity contribution is 5.95. The Morgan fingerprint density at radius 1 is 1.04 bits per heavy atom. The van der Waals surface area contributed by atoms with Crippen molar-refractivity contribution in [3.8, 4) is 0 Å². The Hall–Kier alpha value is -2.66. The molecule has 1 aliphatic carbocycles. The third-order valence-electron chi connectivity index (χ3n) is 5.77. The van der Waals surface area contributed by atoms with Crippen molar-refractivity contribution in [2.75, 3.05) is 11.9 Å². The monoisotopic (exact) mass is 380 g/mol. The molecule has 2 aromatic carbocycles. The Labute approximate surface area is 166 Å². The highest BCUT2D eigenvalue weighted by Gasteiger charge is 2.40. The molecule has 28 heavy (non-hydrogen) atoms. The van der Waals surface area contributed by atoms with Crippen LogP contribution in [0.15, 0.2) is 42.5 Å². The largest absolute Gasteiger partial charge is 0.478 e. The number of amides is 1. The maximum absolute atomic E-state index is 13.1. The van der Waals surface area contributed by atoms with Crippen molar-refractivity contribution in [2.24, 2.45) is 5.41 Å². The van der Waals surface area contributed by atoms with Gasteiger partial charge >= 0.3 is 5.97 Å². The average Bonchev–Trinajstić information content (AvgIpc) is 3.15. The fraction of sp³-hybridized carbons (Fsp3) is 0.391. The molecule has 1 amide bonds. The van der Waals surface area contributed by atoms with Crippen LogP contribution in [-0.4, -0.2) is 23.5 Å². The molecule has 0 radical (unpaired) electrons. The summed E-state index contributed by atoms with van der Waals surface area (Å²) < 4.78 is 0. The van der Waals surface area contributed by atoms with Crippen LogP contribution in [0.2, 0.25) is 0 Å². The van der Waals surface area contributed by atoms with Crippen LogP contribution in [0.4, 0.5) is 5.69 Å².